The molecule has 4 heteroatoms. The molecule has 2 aliphatic rings. The summed E-state index contributed by atoms with van der Waals surface area (Å²) in [5.74, 6) is 1.04. The van der Waals surface area contributed by atoms with E-state index in [2.05, 4.69) is 28.2 Å². The van der Waals surface area contributed by atoms with Crippen LogP contribution in [0.4, 0.5) is 0 Å². The van der Waals surface area contributed by atoms with Gasteiger partial charge in [0.1, 0.15) is 0 Å². The maximum atomic E-state index is 11.7. The molecule has 1 heterocycles. The molecule has 3 nitrogen and oxygen atoms in total. The quantitative estimate of drug-likeness (QED) is 0.779. The smallest absolute Gasteiger partial charge is 0.223 e. The molecule has 1 N–H and O–H groups in total. The number of hydrogen-bond donors (Lipinski definition) is 1. The Morgan fingerprint density at radius 1 is 1.71 bits per heavy atom. The molecule has 0 aromatic carbocycles. The largest absolute Gasteiger partial charge is 0.379 e. The molecule has 3 unspecified atom stereocenters. The summed E-state index contributed by atoms with van der Waals surface area (Å²) in [5, 5.41) is 3.91. The third kappa shape index (κ3) is 1.96. The first-order valence-electron chi connectivity index (χ1n) is 5.13. The van der Waals surface area contributed by atoms with Crippen LogP contribution in [0, 0.1) is 11.8 Å². The van der Waals surface area contributed by atoms with Crippen molar-refractivity contribution in [1.82, 2.24) is 5.32 Å². The summed E-state index contributed by atoms with van der Waals surface area (Å²) >= 11 is 3.45. The lowest BCUT2D eigenvalue weighted by Gasteiger charge is -2.26. The zero-order chi connectivity index (χ0) is 10.2. The van der Waals surface area contributed by atoms with Gasteiger partial charge >= 0.3 is 0 Å². The van der Waals surface area contributed by atoms with Gasteiger partial charge < -0.3 is 10.1 Å². The van der Waals surface area contributed by atoms with Crippen LogP contribution in [-0.4, -0.2) is 30.0 Å². The van der Waals surface area contributed by atoms with Gasteiger partial charge in [0.25, 0.3) is 0 Å². The van der Waals surface area contributed by atoms with Crippen LogP contribution in [0.15, 0.2) is 0 Å². The second-order valence-electron chi connectivity index (χ2n) is 4.53. The minimum atomic E-state index is -0.139. The Bertz CT molecular complexity index is 238. The Morgan fingerprint density at radius 3 is 2.86 bits per heavy atom. The van der Waals surface area contributed by atoms with Gasteiger partial charge in [-0.15, -0.1) is 0 Å². The zero-order valence-electron chi connectivity index (χ0n) is 8.38. The second-order valence-corrected chi connectivity index (χ2v) is 5.09. The van der Waals surface area contributed by atoms with Crippen molar-refractivity contribution in [3.8, 4) is 0 Å². The van der Waals surface area contributed by atoms with Gasteiger partial charge in [0.05, 0.1) is 12.1 Å². The number of carbonyl (C=O) groups excluding carboxylic acids is 1. The zero-order valence-corrected chi connectivity index (χ0v) is 9.97. The third-order valence-corrected chi connectivity index (χ3v) is 4.27. The maximum Gasteiger partial charge on any atom is 0.223 e. The van der Waals surface area contributed by atoms with Gasteiger partial charge in [-0.2, -0.15) is 0 Å². The van der Waals surface area contributed by atoms with E-state index in [0.717, 1.165) is 24.8 Å². The molecular formula is C10H16BrNO2. The second kappa shape index (κ2) is 3.81. The molecular weight excluding hydrogens is 246 g/mol. The van der Waals surface area contributed by atoms with Gasteiger partial charge in [-0.1, -0.05) is 22.9 Å². The molecule has 0 spiro atoms. The van der Waals surface area contributed by atoms with Crippen molar-refractivity contribution in [1.29, 1.82) is 0 Å². The summed E-state index contributed by atoms with van der Waals surface area (Å²) < 4.78 is 5.33. The summed E-state index contributed by atoms with van der Waals surface area (Å²) in [4.78, 5) is 11.7. The first-order chi connectivity index (χ1) is 6.67. The number of amides is 1. The van der Waals surface area contributed by atoms with E-state index in [1.807, 2.05) is 0 Å². The van der Waals surface area contributed by atoms with Gasteiger partial charge in [-0.25, -0.2) is 0 Å². The lowest BCUT2D eigenvalue weighted by Crippen LogP contribution is -2.51. The Morgan fingerprint density at radius 2 is 2.43 bits per heavy atom. The summed E-state index contributed by atoms with van der Waals surface area (Å²) in [7, 11) is 0. The Balaban J connectivity index is 1.91. The van der Waals surface area contributed by atoms with E-state index in [4.69, 9.17) is 4.74 Å². The van der Waals surface area contributed by atoms with Crippen LogP contribution in [0.2, 0.25) is 0 Å². The molecule has 2 fully saturated rings. The van der Waals surface area contributed by atoms with E-state index in [9.17, 15) is 4.79 Å². The Kier molecular flexibility index (Phi) is 2.84. The molecule has 0 radical (unpaired) electrons. The molecule has 14 heavy (non-hydrogen) atoms. The fourth-order valence-corrected chi connectivity index (χ4v) is 2.47. The molecule has 0 bridgehead atoms. The molecule has 2 rings (SSSR count). The number of alkyl halides is 1. The highest BCUT2D eigenvalue weighted by Gasteiger charge is 2.43. The van der Waals surface area contributed by atoms with Crippen molar-refractivity contribution in [3.63, 3.8) is 0 Å². The number of halogens is 1. The minimum absolute atomic E-state index is 0.139. The van der Waals surface area contributed by atoms with E-state index >= 15 is 0 Å². The molecule has 1 saturated carbocycles. The molecule has 1 aliphatic carbocycles. The Labute approximate surface area is 92.7 Å². The van der Waals surface area contributed by atoms with Crippen LogP contribution in [-0.2, 0) is 9.53 Å². The highest BCUT2D eigenvalue weighted by atomic mass is 79.9. The average molecular weight is 262 g/mol. The summed E-state index contributed by atoms with van der Waals surface area (Å²) in [6.45, 7) is 3.52. The predicted molar refractivity (Wildman–Crippen MR) is 57.4 cm³/mol. The highest BCUT2D eigenvalue weighted by Crippen LogP contribution is 2.38. The molecule has 1 amide bonds. The van der Waals surface area contributed by atoms with Gasteiger partial charge in [0, 0.05) is 17.9 Å². The maximum absolute atomic E-state index is 11.7. The third-order valence-electron chi connectivity index (χ3n) is 3.19. The van der Waals surface area contributed by atoms with Crippen molar-refractivity contribution in [3.05, 3.63) is 0 Å². The summed E-state index contributed by atoms with van der Waals surface area (Å²) in [6.07, 6.45) is 1.97. The van der Waals surface area contributed by atoms with Gasteiger partial charge in [0.15, 0.2) is 0 Å². The van der Waals surface area contributed by atoms with Crippen molar-refractivity contribution in [2.24, 2.45) is 11.8 Å². The normalized spacial score (nSPS) is 41.0. The molecule has 80 valence electrons. The van der Waals surface area contributed by atoms with Crippen LogP contribution >= 0.6 is 15.9 Å². The summed E-state index contributed by atoms with van der Waals surface area (Å²) in [6, 6.07) is 0. The monoisotopic (exact) mass is 261 g/mol. The van der Waals surface area contributed by atoms with E-state index < -0.39 is 0 Å². The van der Waals surface area contributed by atoms with Crippen LogP contribution < -0.4 is 5.32 Å². The summed E-state index contributed by atoms with van der Waals surface area (Å²) in [5.41, 5.74) is -0.139. The van der Waals surface area contributed by atoms with E-state index in [0.29, 0.717) is 12.5 Å². The molecule has 0 aromatic rings. The molecule has 0 aromatic heterocycles. The van der Waals surface area contributed by atoms with Gasteiger partial charge in [0.2, 0.25) is 5.91 Å². The van der Waals surface area contributed by atoms with Crippen molar-refractivity contribution >= 4 is 21.8 Å². The highest BCUT2D eigenvalue weighted by molar-refractivity contribution is 9.09. The van der Waals surface area contributed by atoms with Crippen LogP contribution in [0.25, 0.3) is 0 Å². The lowest BCUT2D eigenvalue weighted by atomic mass is 10.0. The van der Waals surface area contributed by atoms with E-state index in [1.54, 1.807) is 0 Å². The standard InChI is InChI=1S/C10H16BrNO2/c1-7-4-8(7)9(13)12-10(5-11)2-3-14-6-10/h7-8H,2-6H2,1H3,(H,12,13). The number of carbonyl (C=O) groups is 1. The van der Waals surface area contributed by atoms with Crippen molar-refractivity contribution in [2.45, 2.75) is 25.3 Å². The average Bonchev–Trinajstić information content (AvgIpc) is 2.74. The van der Waals surface area contributed by atoms with Crippen molar-refractivity contribution < 1.29 is 9.53 Å². The predicted octanol–water partition coefficient (Wildman–Crippen LogP) is 1.31. The molecule has 1 saturated heterocycles. The lowest BCUT2D eigenvalue weighted by molar-refractivity contribution is -0.124. The minimum Gasteiger partial charge on any atom is -0.379 e. The SMILES string of the molecule is CC1CC1C(=O)NC1(CBr)CCOC1. The number of nitrogens with one attached hydrogen (secondary N) is 1. The molecule has 3 atom stereocenters. The fraction of sp³-hybridized carbons (Fsp3) is 0.900. The van der Waals surface area contributed by atoms with Crippen LogP contribution in [0.1, 0.15) is 19.8 Å². The Hall–Kier alpha value is -0.0900. The number of ether oxygens (including phenoxy) is 1. The van der Waals surface area contributed by atoms with E-state index in [-0.39, 0.29) is 17.4 Å². The van der Waals surface area contributed by atoms with E-state index in [1.165, 1.54) is 0 Å². The van der Waals surface area contributed by atoms with Crippen LogP contribution in [0.3, 0.4) is 0 Å². The topological polar surface area (TPSA) is 38.3 Å². The number of hydrogen-bond acceptors (Lipinski definition) is 2. The van der Waals surface area contributed by atoms with Gasteiger partial charge in [-0.3, -0.25) is 4.79 Å². The fourth-order valence-electron chi connectivity index (χ4n) is 1.89. The van der Waals surface area contributed by atoms with Crippen LogP contribution in [0.5, 0.6) is 0 Å². The molecule has 1 aliphatic heterocycles. The first kappa shape index (κ1) is 10.4. The first-order valence-corrected chi connectivity index (χ1v) is 6.25. The van der Waals surface area contributed by atoms with Gasteiger partial charge in [-0.05, 0) is 18.8 Å². The van der Waals surface area contributed by atoms with Crippen molar-refractivity contribution in [2.75, 3.05) is 18.5 Å². The number of rotatable bonds is 3.